The number of carbonyl (C=O) groups is 4. The quantitative estimate of drug-likeness (QED) is 0.300. The zero-order valence-electron chi connectivity index (χ0n) is 21.2. The monoisotopic (exact) mass is 495 g/mol. The summed E-state index contributed by atoms with van der Waals surface area (Å²) < 4.78 is 0. The first-order valence-electron chi connectivity index (χ1n) is 12.4. The summed E-state index contributed by atoms with van der Waals surface area (Å²) in [5.41, 5.74) is 1.66. The van der Waals surface area contributed by atoms with Gasteiger partial charge in [0.1, 0.15) is 24.1 Å². The van der Waals surface area contributed by atoms with Gasteiger partial charge in [-0.3, -0.25) is 14.4 Å². The van der Waals surface area contributed by atoms with E-state index in [0.717, 1.165) is 11.1 Å². The van der Waals surface area contributed by atoms with Gasteiger partial charge < -0.3 is 25.9 Å². The van der Waals surface area contributed by atoms with Crippen molar-refractivity contribution in [1.82, 2.24) is 16.0 Å². The molecule has 8 nitrogen and oxygen atoms in total. The molecule has 0 spiro atoms. The average Bonchev–Trinajstić information content (AvgIpc) is 2.84. The van der Waals surface area contributed by atoms with Crippen LogP contribution in [0.2, 0.25) is 0 Å². The predicted molar refractivity (Wildman–Crippen MR) is 138 cm³/mol. The van der Waals surface area contributed by atoms with E-state index in [1.54, 1.807) is 12.1 Å². The van der Waals surface area contributed by atoms with Crippen molar-refractivity contribution in [1.29, 1.82) is 0 Å². The third-order valence-electron chi connectivity index (χ3n) is 5.64. The molecular formula is C28H37N3O5. The van der Waals surface area contributed by atoms with E-state index in [-0.39, 0.29) is 30.4 Å². The van der Waals surface area contributed by atoms with Crippen LogP contribution in [0.5, 0.6) is 5.75 Å². The van der Waals surface area contributed by atoms with Gasteiger partial charge in [0, 0.05) is 12.8 Å². The SMILES string of the molecule is CCCC(=O)N[C@@H](Cc1ccccc1)C(=O)N[C@@H](CC(C)C)C(=O)NC(C=O)Cc1ccc(O)cc1. The molecule has 4 N–H and O–H groups in total. The first-order valence-corrected chi connectivity index (χ1v) is 12.4. The number of aromatic hydroxyl groups is 1. The van der Waals surface area contributed by atoms with Crippen molar-refractivity contribution >= 4 is 24.0 Å². The van der Waals surface area contributed by atoms with E-state index in [2.05, 4.69) is 16.0 Å². The van der Waals surface area contributed by atoms with Gasteiger partial charge in [0.2, 0.25) is 17.7 Å². The normalized spacial score (nSPS) is 13.3. The zero-order valence-corrected chi connectivity index (χ0v) is 21.2. The Kier molecular flexibility index (Phi) is 11.6. The van der Waals surface area contributed by atoms with Crippen LogP contribution in [-0.2, 0) is 32.0 Å². The highest BCUT2D eigenvalue weighted by Gasteiger charge is 2.28. The minimum absolute atomic E-state index is 0.0927. The summed E-state index contributed by atoms with van der Waals surface area (Å²) in [7, 11) is 0. The highest BCUT2D eigenvalue weighted by molar-refractivity contribution is 5.93. The Morgan fingerprint density at radius 2 is 1.44 bits per heavy atom. The minimum atomic E-state index is -0.874. The van der Waals surface area contributed by atoms with Crippen molar-refractivity contribution in [2.75, 3.05) is 0 Å². The number of phenols is 1. The van der Waals surface area contributed by atoms with Crippen LogP contribution in [0, 0.1) is 5.92 Å². The molecule has 2 aromatic carbocycles. The fourth-order valence-electron chi connectivity index (χ4n) is 3.83. The molecule has 2 aromatic rings. The first-order chi connectivity index (χ1) is 17.2. The van der Waals surface area contributed by atoms with Gasteiger partial charge in [-0.05, 0) is 48.4 Å². The Bertz CT molecular complexity index is 992. The first kappa shape index (κ1) is 28.6. The van der Waals surface area contributed by atoms with Crippen LogP contribution >= 0.6 is 0 Å². The summed E-state index contributed by atoms with van der Waals surface area (Å²) >= 11 is 0. The highest BCUT2D eigenvalue weighted by atomic mass is 16.3. The van der Waals surface area contributed by atoms with E-state index in [1.807, 2.05) is 51.1 Å². The summed E-state index contributed by atoms with van der Waals surface area (Å²) in [4.78, 5) is 50.4. The van der Waals surface area contributed by atoms with Gasteiger partial charge in [0.25, 0.3) is 0 Å². The molecule has 0 saturated heterocycles. The van der Waals surface area contributed by atoms with Crippen LogP contribution in [0.1, 0.15) is 51.2 Å². The number of nitrogens with one attached hydrogen (secondary N) is 3. The second-order valence-electron chi connectivity index (χ2n) is 9.37. The molecule has 0 aromatic heterocycles. The van der Waals surface area contributed by atoms with Crippen molar-refractivity contribution in [2.45, 2.75) is 71.0 Å². The predicted octanol–water partition coefficient (Wildman–Crippen LogP) is 2.68. The molecule has 0 heterocycles. The van der Waals surface area contributed by atoms with Gasteiger partial charge in [-0.15, -0.1) is 0 Å². The van der Waals surface area contributed by atoms with Crippen LogP contribution in [0.4, 0.5) is 0 Å². The van der Waals surface area contributed by atoms with Crippen molar-refractivity contribution in [3.8, 4) is 5.75 Å². The van der Waals surface area contributed by atoms with Gasteiger partial charge in [-0.2, -0.15) is 0 Å². The second-order valence-corrected chi connectivity index (χ2v) is 9.37. The molecule has 0 aliphatic heterocycles. The zero-order chi connectivity index (χ0) is 26.5. The van der Waals surface area contributed by atoms with Crippen molar-refractivity contribution in [3.63, 3.8) is 0 Å². The lowest BCUT2D eigenvalue weighted by Gasteiger charge is -2.25. The molecule has 3 amide bonds. The van der Waals surface area contributed by atoms with Gasteiger partial charge >= 0.3 is 0 Å². The van der Waals surface area contributed by atoms with Crippen molar-refractivity contribution < 1.29 is 24.3 Å². The van der Waals surface area contributed by atoms with Crippen LogP contribution in [0.25, 0.3) is 0 Å². The van der Waals surface area contributed by atoms with Gasteiger partial charge in [0.05, 0.1) is 6.04 Å². The van der Waals surface area contributed by atoms with E-state index in [1.165, 1.54) is 12.1 Å². The van der Waals surface area contributed by atoms with Crippen LogP contribution < -0.4 is 16.0 Å². The molecule has 0 fully saturated rings. The van der Waals surface area contributed by atoms with E-state index in [9.17, 15) is 24.3 Å². The lowest BCUT2D eigenvalue weighted by Crippen LogP contribution is -2.56. The highest BCUT2D eigenvalue weighted by Crippen LogP contribution is 2.12. The average molecular weight is 496 g/mol. The minimum Gasteiger partial charge on any atom is -0.508 e. The Morgan fingerprint density at radius 1 is 0.833 bits per heavy atom. The van der Waals surface area contributed by atoms with Gasteiger partial charge in [0.15, 0.2) is 0 Å². The summed E-state index contributed by atoms with van der Waals surface area (Å²) in [6.07, 6.45) is 2.51. The van der Waals surface area contributed by atoms with Crippen LogP contribution in [0.3, 0.4) is 0 Å². The Balaban J connectivity index is 2.13. The largest absolute Gasteiger partial charge is 0.508 e. The van der Waals surface area contributed by atoms with Crippen LogP contribution in [0.15, 0.2) is 54.6 Å². The lowest BCUT2D eigenvalue weighted by atomic mass is 10.00. The number of carbonyl (C=O) groups excluding carboxylic acids is 4. The molecule has 2 rings (SSSR count). The second kappa shape index (κ2) is 14.7. The maximum Gasteiger partial charge on any atom is 0.243 e. The van der Waals surface area contributed by atoms with Crippen LogP contribution in [-0.4, -0.2) is 47.2 Å². The van der Waals surface area contributed by atoms with Gasteiger partial charge in [-0.25, -0.2) is 0 Å². The fraction of sp³-hybridized carbons (Fsp3) is 0.429. The number of rotatable bonds is 14. The molecular weight excluding hydrogens is 458 g/mol. The number of hydrogen-bond acceptors (Lipinski definition) is 5. The summed E-state index contributed by atoms with van der Waals surface area (Å²) in [5.74, 6) is -0.943. The molecule has 1 unspecified atom stereocenters. The lowest BCUT2D eigenvalue weighted by molar-refractivity contribution is -0.133. The van der Waals surface area contributed by atoms with E-state index < -0.39 is 29.9 Å². The smallest absolute Gasteiger partial charge is 0.243 e. The molecule has 8 heteroatoms. The van der Waals surface area contributed by atoms with Crippen molar-refractivity contribution in [2.24, 2.45) is 5.92 Å². The standard InChI is InChI=1S/C28H37N3O5/c1-4-8-26(34)30-25(17-20-9-6-5-7-10-20)28(36)31-24(15-19(2)3)27(35)29-22(18-32)16-21-11-13-23(33)14-12-21/h5-7,9-14,18-19,22,24-25,33H,4,8,15-17H2,1-3H3,(H,29,35)(H,30,34)(H,31,36)/t22?,24-,25-/m0/s1. The third-order valence-corrected chi connectivity index (χ3v) is 5.64. The molecule has 3 atom stereocenters. The summed E-state index contributed by atoms with van der Waals surface area (Å²) in [5, 5.41) is 17.8. The fourth-order valence-corrected chi connectivity index (χ4v) is 3.83. The number of aldehydes is 1. The number of benzene rings is 2. The van der Waals surface area contributed by atoms with Gasteiger partial charge in [-0.1, -0.05) is 63.2 Å². The van der Waals surface area contributed by atoms with E-state index in [4.69, 9.17) is 0 Å². The third kappa shape index (κ3) is 9.90. The Labute approximate surface area is 212 Å². The molecule has 0 bridgehead atoms. The molecule has 194 valence electrons. The van der Waals surface area contributed by atoms with E-state index in [0.29, 0.717) is 25.5 Å². The molecule has 0 aliphatic rings. The molecule has 36 heavy (non-hydrogen) atoms. The van der Waals surface area contributed by atoms with Crippen molar-refractivity contribution in [3.05, 3.63) is 65.7 Å². The molecule has 0 aliphatic carbocycles. The summed E-state index contributed by atoms with van der Waals surface area (Å²) in [6, 6.07) is 13.2. The maximum atomic E-state index is 13.3. The molecule has 0 saturated carbocycles. The topological polar surface area (TPSA) is 125 Å². The van der Waals surface area contributed by atoms with E-state index >= 15 is 0 Å². The summed E-state index contributed by atoms with van der Waals surface area (Å²) in [6.45, 7) is 5.76. The Hall–Kier alpha value is -3.68. The molecule has 0 radical (unpaired) electrons. The number of phenolic OH excluding ortho intramolecular Hbond substituents is 1. The number of hydrogen-bond donors (Lipinski definition) is 4. The number of amides is 3. The Morgan fingerprint density at radius 3 is 2.03 bits per heavy atom. The maximum absolute atomic E-state index is 13.3.